The molecule has 2 fully saturated rings. The third-order valence-corrected chi connectivity index (χ3v) is 7.65. The lowest BCUT2D eigenvalue weighted by Crippen LogP contribution is -2.33. The van der Waals surface area contributed by atoms with Gasteiger partial charge in [0.1, 0.15) is 11.6 Å². The minimum absolute atomic E-state index is 0.0712. The minimum atomic E-state index is -3.72. The molecule has 0 aliphatic heterocycles. The molecule has 0 saturated heterocycles. The highest BCUT2D eigenvalue weighted by molar-refractivity contribution is 7.91. The number of hydrogen-bond donors (Lipinski definition) is 1. The van der Waals surface area contributed by atoms with Crippen molar-refractivity contribution in [2.45, 2.75) is 70.5 Å². The van der Waals surface area contributed by atoms with Crippen LogP contribution < -0.4 is 9.46 Å². The maximum atomic E-state index is 14.7. The Morgan fingerprint density at radius 2 is 2.00 bits per heavy atom. The molecule has 2 aliphatic carbocycles. The monoisotopic (exact) mass is 423 g/mol. The van der Waals surface area contributed by atoms with Gasteiger partial charge in [0, 0.05) is 11.5 Å². The van der Waals surface area contributed by atoms with Gasteiger partial charge in [-0.3, -0.25) is 4.79 Å². The third kappa shape index (κ3) is 5.38. The Labute approximate surface area is 172 Å². The van der Waals surface area contributed by atoms with E-state index in [4.69, 9.17) is 4.74 Å². The Hall–Kier alpha value is -1.89. The molecule has 2 aliphatic rings. The molecular weight excluding hydrogens is 393 g/mol. The molecule has 160 valence electrons. The van der Waals surface area contributed by atoms with E-state index in [0.717, 1.165) is 31.2 Å². The highest BCUT2D eigenvalue weighted by atomic mass is 32.2. The highest BCUT2D eigenvalue weighted by Crippen LogP contribution is 2.45. The lowest BCUT2D eigenvalue weighted by atomic mass is 9.85. The summed E-state index contributed by atoms with van der Waals surface area (Å²) in [5.74, 6) is -0.999. The Morgan fingerprint density at radius 1 is 1.31 bits per heavy atom. The largest absolute Gasteiger partial charge is 0.493 e. The molecule has 1 amide bonds. The maximum Gasteiger partial charge on any atom is 0.267 e. The number of benzene rings is 1. The second kappa shape index (κ2) is 8.46. The van der Waals surface area contributed by atoms with Gasteiger partial charge >= 0.3 is 0 Å². The predicted molar refractivity (Wildman–Crippen MR) is 111 cm³/mol. The normalized spacial score (nSPS) is 19.2. The SMILES string of the molecule is C/C=C\CC(C)(CC)COc1cc(F)c(C(=O)NS(=O)(=O)C2CC2)cc1C1CC1. The quantitative estimate of drug-likeness (QED) is 0.554. The van der Waals surface area contributed by atoms with Crippen LogP contribution in [0.15, 0.2) is 24.3 Å². The number of sulfonamides is 1. The fourth-order valence-electron chi connectivity index (χ4n) is 3.19. The van der Waals surface area contributed by atoms with E-state index in [9.17, 15) is 17.6 Å². The van der Waals surface area contributed by atoms with Crippen molar-refractivity contribution in [3.8, 4) is 5.75 Å². The van der Waals surface area contributed by atoms with Crippen molar-refractivity contribution >= 4 is 15.9 Å². The molecule has 0 spiro atoms. The molecule has 29 heavy (non-hydrogen) atoms. The topological polar surface area (TPSA) is 72.5 Å². The fourth-order valence-corrected chi connectivity index (χ4v) is 4.48. The van der Waals surface area contributed by atoms with Crippen LogP contribution >= 0.6 is 0 Å². The van der Waals surface area contributed by atoms with E-state index in [1.807, 2.05) is 17.7 Å². The predicted octanol–water partition coefficient (Wildman–Crippen LogP) is 4.69. The van der Waals surface area contributed by atoms with Crippen molar-refractivity contribution in [2.24, 2.45) is 5.41 Å². The van der Waals surface area contributed by atoms with Gasteiger partial charge in [0.2, 0.25) is 10.0 Å². The summed E-state index contributed by atoms with van der Waals surface area (Å²) in [6.45, 7) is 6.65. The summed E-state index contributed by atoms with van der Waals surface area (Å²) in [5, 5.41) is -0.538. The number of rotatable bonds is 10. The molecule has 1 N–H and O–H groups in total. The minimum Gasteiger partial charge on any atom is -0.493 e. The number of nitrogens with one attached hydrogen (secondary N) is 1. The number of carbonyl (C=O) groups is 1. The van der Waals surface area contributed by atoms with E-state index >= 15 is 0 Å². The van der Waals surface area contributed by atoms with E-state index in [1.54, 1.807) is 0 Å². The van der Waals surface area contributed by atoms with Crippen molar-refractivity contribution in [2.75, 3.05) is 6.61 Å². The summed E-state index contributed by atoms with van der Waals surface area (Å²) in [4.78, 5) is 12.4. The summed E-state index contributed by atoms with van der Waals surface area (Å²) in [6, 6.07) is 2.70. The summed E-state index contributed by atoms with van der Waals surface area (Å²) in [7, 11) is -3.72. The Bertz CT molecular complexity index is 904. The van der Waals surface area contributed by atoms with E-state index < -0.39 is 27.0 Å². The first-order chi connectivity index (χ1) is 13.7. The number of ether oxygens (including phenoxy) is 1. The van der Waals surface area contributed by atoms with Gasteiger partial charge in [0.15, 0.2) is 0 Å². The zero-order chi connectivity index (χ0) is 21.2. The van der Waals surface area contributed by atoms with Crippen LogP contribution in [0.5, 0.6) is 5.75 Å². The van der Waals surface area contributed by atoms with Crippen molar-refractivity contribution in [3.63, 3.8) is 0 Å². The molecular formula is C22H30FNO4S. The molecule has 5 nitrogen and oxygen atoms in total. The van der Waals surface area contributed by atoms with E-state index in [0.29, 0.717) is 25.2 Å². The number of amides is 1. The van der Waals surface area contributed by atoms with Crippen molar-refractivity contribution in [1.29, 1.82) is 0 Å². The summed E-state index contributed by atoms with van der Waals surface area (Å²) in [6.07, 6.45) is 8.86. The molecule has 0 bridgehead atoms. The van der Waals surface area contributed by atoms with E-state index in [2.05, 4.69) is 19.9 Å². The fraction of sp³-hybridized carbons (Fsp3) is 0.591. The van der Waals surface area contributed by atoms with E-state index in [-0.39, 0.29) is 16.9 Å². The second-order valence-corrected chi connectivity index (χ2v) is 10.5. The lowest BCUT2D eigenvalue weighted by molar-refractivity contribution is 0.0977. The van der Waals surface area contributed by atoms with E-state index in [1.165, 1.54) is 12.1 Å². The molecule has 0 aromatic heterocycles. The van der Waals surface area contributed by atoms with Crippen molar-refractivity contribution in [3.05, 3.63) is 41.2 Å². The maximum absolute atomic E-state index is 14.7. The van der Waals surface area contributed by atoms with Crippen LogP contribution in [-0.4, -0.2) is 26.2 Å². The molecule has 1 atom stereocenters. The van der Waals surface area contributed by atoms with Crippen LogP contribution in [0.1, 0.15) is 81.1 Å². The standard InChI is InChI=1S/C22H30FNO4S/c1-4-6-11-22(3,5-2)14-28-20-13-19(23)18(12-17(20)15-7-8-15)21(25)24-29(26,27)16-9-10-16/h4,6,12-13,15-16H,5,7-11,14H2,1-3H3,(H,24,25)/b6-4-. The first-order valence-corrected chi connectivity index (χ1v) is 11.9. The average Bonchev–Trinajstić information content (AvgIpc) is 3.56. The first-order valence-electron chi connectivity index (χ1n) is 10.3. The molecule has 1 aromatic carbocycles. The molecule has 3 rings (SSSR count). The van der Waals surface area contributed by atoms with Gasteiger partial charge in [-0.2, -0.15) is 0 Å². The molecule has 7 heteroatoms. The molecule has 1 unspecified atom stereocenters. The van der Waals surface area contributed by atoms with Crippen LogP contribution in [0.4, 0.5) is 4.39 Å². The summed E-state index contributed by atoms with van der Waals surface area (Å²) in [5.41, 5.74) is 0.471. The molecule has 2 saturated carbocycles. The van der Waals surface area contributed by atoms with Gasteiger partial charge in [0.05, 0.1) is 17.4 Å². The number of allylic oxidation sites excluding steroid dienone is 2. The Kier molecular flexibility index (Phi) is 6.36. The van der Waals surface area contributed by atoms with Gasteiger partial charge in [0.25, 0.3) is 5.91 Å². The molecule has 1 aromatic rings. The Balaban J connectivity index is 1.80. The number of carbonyl (C=O) groups excluding carboxylic acids is 1. The van der Waals surface area contributed by atoms with Gasteiger partial charge in [-0.15, -0.1) is 0 Å². The van der Waals surface area contributed by atoms with Crippen molar-refractivity contribution < 1.29 is 22.3 Å². The molecule has 0 radical (unpaired) electrons. The van der Waals surface area contributed by atoms with Crippen LogP contribution in [0.25, 0.3) is 0 Å². The number of hydrogen-bond acceptors (Lipinski definition) is 4. The first kappa shape index (κ1) is 21.8. The third-order valence-electron chi connectivity index (χ3n) is 5.84. The van der Waals surface area contributed by atoms with Crippen LogP contribution in [0.3, 0.4) is 0 Å². The van der Waals surface area contributed by atoms with Crippen LogP contribution in [-0.2, 0) is 10.0 Å². The Morgan fingerprint density at radius 3 is 2.55 bits per heavy atom. The average molecular weight is 424 g/mol. The zero-order valence-electron chi connectivity index (χ0n) is 17.3. The smallest absolute Gasteiger partial charge is 0.267 e. The van der Waals surface area contributed by atoms with Crippen LogP contribution in [0.2, 0.25) is 0 Å². The van der Waals surface area contributed by atoms with Gasteiger partial charge in [-0.05, 0) is 63.0 Å². The van der Waals surface area contributed by atoms with Gasteiger partial charge in [-0.1, -0.05) is 26.0 Å². The highest BCUT2D eigenvalue weighted by Gasteiger charge is 2.38. The lowest BCUT2D eigenvalue weighted by Gasteiger charge is -2.27. The van der Waals surface area contributed by atoms with Gasteiger partial charge in [-0.25, -0.2) is 17.5 Å². The number of halogens is 1. The second-order valence-electron chi connectivity index (χ2n) is 8.55. The van der Waals surface area contributed by atoms with Crippen LogP contribution in [0, 0.1) is 11.2 Å². The summed E-state index contributed by atoms with van der Waals surface area (Å²) >= 11 is 0. The molecule has 0 heterocycles. The summed E-state index contributed by atoms with van der Waals surface area (Å²) < 4.78 is 46.8. The van der Waals surface area contributed by atoms with Gasteiger partial charge < -0.3 is 4.74 Å². The zero-order valence-corrected chi connectivity index (χ0v) is 18.1. The van der Waals surface area contributed by atoms with Crippen molar-refractivity contribution in [1.82, 2.24) is 4.72 Å².